The van der Waals surface area contributed by atoms with E-state index >= 15 is 0 Å². The number of nitrogens with zero attached hydrogens (tertiary/aromatic N) is 1. The Hall–Kier alpha value is -0.810. The first-order chi connectivity index (χ1) is 8.56. The molecule has 1 aliphatic carbocycles. The highest BCUT2D eigenvalue weighted by Crippen LogP contribution is 2.43. The highest BCUT2D eigenvalue weighted by Gasteiger charge is 2.36. The summed E-state index contributed by atoms with van der Waals surface area (Å²) in [5.74, 6) is 0.509. The Labute approximate surface area is 119 Å². The van der Waals surface area contributed by atoms with Gasteiger partial charge in [0.1, 0.15) is 5.75 Å². The van der Waals surface area contributed by atoms with Gasteiger partial charge in [-0.2, -0.15) is 0 Å². The quantitative estimate of drug-likeness (QED) is 0.461. The lowest BCUT2D eigenvalue weighted by atomic mass is 9.71. The monoisotopic (exact) mass is 333 g/mol. The number of hydrogen-bond donors (Lipinski definition) is 0. The van der Waals surface area contributed by atoms with Crippen LogP contribution in [0.3, 0.4) is 0 Å². The van der Waals surface area contributed by atoms with Gasteiger partial charge in [-0.1, -0.05) is 34.0 Å². The lowest BCUT2D eigenvalue weighted by molar-refractivity contribution is -0.384. The van der Waals surface area contributed by atoms with Gasteiger partial charge < -0.3 is 4.74 Å². The second-order valence-electron chi connectivity index (χ2n) is 4.65. The van der Waals surface area contributed by atoms with Gasteiger partial charge in [-0.25, -0.2) is 0 Å². The summed E-state index contributed by atoms with van der Waals surface area (Å²) < 4.78 is 5.69. The van der Waals surface area contributed by atoms with Gasteiger partial charge in [-0.05, 0) is 18.9 Å². The fourth-order valence-corrected chi connectivity index (χ4v) is 2.90. The van der Waals surface area contributed by atoms with E-state index in [1.165, 1.54) is 18.6 Å². The molecule has 0 aromatic heterocycles. The van der Waals surface area contributed by atoms with Gasteiger partial charge in [0, 0.05) is 22.9 Å². The summed E-state index contributed by atoms with van der Waals surface area (Å²) >= 11 is 9.47. The Morgan fingerprint density at radius 1 is 1.50 bits per heavy atom. The molecule has 1 aromatic carbocycles. The van der Waals surface area contributed by atoms with Crippen molar-refractivity contribution in [3.63, 3.8) is 0 Å². The van der Waals surface area contributed by atoms with Crippen molar-refractivity contribution >= 4 is 33.2 Å². The first-order valence-electron chi connectivity index (χ1n) is 5.69. The third-order valence-corrected chi connectivity index (χ3v) is 4.84. The predicted molar refractivity (Wildman–Crippen MR) is 73.7 cm³/mol. The van der Waals surface area contributed by atoms with Crippen molar-refractivity contribution in [2.24, 2.45) is 5.41 Å². The summed E-state index contributed by atoms with van der Waals surface area (Å²) in [5.41, 5.74) is 0.177. The lowest BCUT2D eigenvalue weighted by Gasteiger charge is -2.40. The molecule has 0 bridgehead atoms. The summed E-state index contributed by atoms with van der Waals surface area (Å²) in [4.78, 5) is 10.1. The van der Waals surface area contributed by atoms with Gasteiger partial charge in [-0.3, -0.25) is 10.1 Å². The van der Waals surface area contributed by atoms with E-state index in [2.05, 4.69) is 15.9 Å². The van der Waals surface area contributed by atoms with Gasteiger partial charge >= 0.3 is 0 Å². The molecule has 0 saturated heterocycles. The molecule has 0 atom stereocenters. The molecule has 4 nitrogen and oxygen atoms in total. The summed E-state index contributed by atoms with van der Waals surface area (Å²) in [7, 11) is 0. The second-order valence-corrected chi connectivity index (χ2v) is 5.62. The molecule has 0 radical (unpaired) electrons. The normalized spacial score (nSPS) is 17.0. The van der Waals surface area contributed by atoms with Gasteiger partial charge in [0.05, 0.1) is 16.6 Å². The number of hydrogen-bond acceptors (Lipinski definition) is 3. The van der Waals surface area contributed by atoms with Crippen LogP contribution in [0.15, 0.2) is 18.2 Å². The number of nitro groups is 1. The minimum atomic E-state index is -0.471. The Kier molecular flexibility index (Phi) is 4.12. The molecular formula is C12H13BrClNO3. The van der Waals surface area contributed by atoms with E-state index in [9.17, 15) is 10.1 Å². The summed E-state index contributed by atoms with van der Waals surface area (Å²) in [6, 6.07) is 4.28. The second kappa shape index (κ2) is 5.45. The fourth-order valence-electron chi connectivity index (χ4n) is 1.94. The van der Waals surface area contributed by atoms with Crippen LogP contribution in [0.4, 0.5) is 5.69 Å². The summed E-state index contributed by atoms with van der Waals surface area (Å²) in [6.07, 6.45) is 3.51. The molecule has 18 heavy (non-hydrogen) atoms. The number of nitro benzene ring substituents is 1. The Morgan fingerprint density at radius 3 is 2.67 bits per heavy atom. The number of non-ortho nitro benzene ring substituents is 1. The van der Waals surface area contributed by atoms with Crippen LogP contribution < -0.4 is 4.74 Å². The zero-order valence-corrected chi connectivity index (χ0v) is 12.0. The maximum atomic E-state index is 10.6. The molecule has 1 aromatic rings. The SMILES string of the molecule is O=[N+]([O-])c1ccc(OCC2(CBr)CCC2)c(Cl)c1. The molecule has 0 N–H and O–H groups in total. The van der Waals surface area contributed by atoms with E-state index in [0.29, 0.717) is 12.4 Å². The number of halogens is 2. The molecule has 1 fully saturated rings. The van der Waals surface area contributed by atoms with Crippen LogP contribution >= 0.6 is 27.5 Å². The molecular weight excluding hydrogens is 321 g/mol. The highest BCUT2D eigenvalue weighted by molar-refractivity contribution is 9.09. The van der Waals surface area contributed by atoms with Crippen LogP contribution in [0.5, 0.6) is 5.75 Å². The van der Waals surface area contributed by atoms with E-state index in [0.717, 1.165) is 18.2 Å². The van der Waals surface area contributed by atoms with E-state index in [1.54, 1.807) is 6.07 Å². The molecule has 0 unspecified atom stereocenters. The minimum Gasteiger partial charge on any atom is -0.491 e. The zero-order chi connectivity index (χ0) is 13.2. The molecule has 0 spiro atoms. The molecule has 0 aliphatic heterocycles. The standard InChI is InChI=1S/C12H13BrClNO3/c13-7-12(4-1-5-12)8-18-11-3-2-9(15(16)17)6-10(11)14/h2-3,6H,1,4-5,7-8H2. The first-order valence-corrected chi connectivity index (χ1v) is 7.19. The molecule has 98 valence electrons. The number of rotatable bonds is 5. The van der Waals surface area contributed by atoms with Crippen molar-refractivity contribution < 1.29 is 9.66 Å². The largest absolute Gasteiger partial charge is 0.491 e. The van der Waals surface area contributed by atoms with Crippen molar-refractivity contribution in [3.05, 3.63) is 33.3 Å². The van der Waals surface area contributed by atoms with Gasteiger partial charge in [0.2, 0.25) is 0 Å². The fraction of sp³-hybridized carbons (Fsp3) is 0.500. The number of ether oxygens (including phenoxy) is 1. The highest BCUT2D eigenvalue weighted by atomic mass is 79.9. The maximum absolute atomic E-state index is 10.6. The molecule has 2 rings (SSSR count). The maximum Gasteiger partial charge on any atom is 0.271 e. The van der Waals surface area contributed by atoms with Crippen molar-refractivity contribution in [2.45, 2.75) is 19.3 Å². The van der Waals surface area contributed by atoms with Crippen LogP contribution in [0.2, 0.25) is 5.02 Å². The van der Waals surface area contributed by atoms with Crippen molar-refractivity contribution in [1.82, 2.24) is 0 Å². The van der Waals surface area contributed by atoms with E-state index in [4.69, 9.17) is 16.3 Å². The van der Waals surface area contributed by atoms with Crippen LogP contribution in [0.25, 0.3) is 0 Å². The topological polar surface area (TPSA) is 52.4 Å². The van der Waals surface area contributed by atoms with E-state index in [-0.39, 0.29) is 16.1 Å². The molecule has 0 amide bonds. The molecule has 6 heteroatoms. The van der Waals surface area contributed by atoms with Crippen LogP contribution in [0, 0.1) is 15.5 Å². The van der Waals surface area contributed by atoms with Crippen molar-refractivity contribution in [1.29, 1.82) is 0 Å². The third-order valence-electron chi connectivity index (χ3n) is 3.36. The Bertz CT molecular complexity index is 457. The van der Waals surface area contributed by atoms with Gasteiger partial charge in [-0.15, -0.1) is 0 Å². The first kappa shape index (κ1) is 13.6. The Balaban J connectivity index is 2.03. The number of benzene rings is 1. The average Bonchev–Trinajstić information content (AvgIpc) is 2.29. The third kappa shape index (κ3) is 2.78. The lowest BCUT2D eigenvalue weighted by Crippen LogP contribution is -2.37. The van der Waals surface area contributed by atoms with E-state index in [1.807, 2.05) is 0 Å². The van der Waals surface area contributed by atoms with Gasteiger partial charge in [0.15, 0.2) is 0 Å². The minimum absolute atomic E-state index is 0.0220. The number of alkyl halides is 1. The van der Waals surface area contributed by atoms with Crippen molar-refractivity contribution in [2.75, 3.05) is 11.9 Å². The van der Waals surface area contributed by atoms with Crippen molar-refractivity contribution in [3.8, 4) is 5.75 Å². The zero-order valence-electron chi connectivity index (χ0n) is 9.70. The molecule has 0 heterocycles. The average molecular weight is 335 g/mol. The van der Waals surface area contributed by atoms with Crippen LogP contribution in [-0.2, 0) is 0 Å². The van der Waals surface area contributed by atoms with Gasteiger partial charge in [0.25, 0.3) is 5.69 Å². The summed E-state index contributed by atoms with van der Waals surface area (Å²) in [5, 5.41) is 11.8. The smallest absolute Gasteiger partial charge is 0.271 e. The molecule has 1 saturated carbocycles. The Morgan fingerprint density at radius 2 is 2.22 bits per heavy atom. The summed E-state index contributed by atoms with van der Waals surface area (Å²) in [6.45, 7) is 0.593. The molecule has 1 aliphatic rings. The van der Waals surface area contributed by atoms with Crippen LogP contribution in [-0.4, -0.2) is 16.9 Å². The predicted octanol–water partition coefficient (Wildman–Crippen LogP) is 4.19. The van der Waals surface area contributed by atoms with E-state index < -0.39 is 4.92 Å². The van der Waals surface area contributed by atoms with Crippen LogP contribution in [0.1, 0.15) is 19.3 Å².